The number of carbonyl (C=O) groups excluding carboxylic acids is 1. The molecule has 1 fully saturated rings. The highest BCUT2D eigenvalue weighted by Gasteiger charge is 2.33. The maximum Gasteiger partial charge on any atom is 0.243 e. The van der Waals surface area contributed by atoms with Gasteiger partial charge in [0.1, 0.15) is 5.75 Å². The van der Waals surface area contributed by atoms with Gasteiger partial charge >= 0.3 is 0 Å². The van der Waals surface area contributed by atoms with Gasteiger partial charge < -0.3 is 10.1 Å². The average molecular weight is 340 g/mol. The molecule has 1 aliphatic heterocycles. The van der Waals surface area contributed by atoms with Crippen LogP contribution in [0.4, 0.5) is 0 Å². The maximum atomic E-state index is 12.8. The van der Waals surface area contributed by atoms with Gasteiger partial charge in [-0.15, -0.1) is 0 Å². The smallest absolute Gasteiger partial charge is 0.243 e. The van der Waals surface area contributed by atoms with Crippen molar-refractivity contribution in [1.82, 2.24) is 9.62 Å². The Kier molecular flexibility index (Phi) is 5.64. The topological polar surface area (TPSA) is 75.7 Å². The summed E-state index contributed by atoms with van der Waals surface area (Å²) in [7, 11) is -2.04. The molecule has 1 aromatic carbocycles. The molecule has 0 bridgehead atoms. The van der Waals surface area contributed by atoms with Crippen molar-refractivity contribution in [3.8, 4) is 5.75 Å². The van der Waals surface area contributed by atoms with E-state index in [1.807, 2.05) is 13.8 Å². The minimum absolute atomic E-state index is 0.0710. The third-order valence-corrected chi connectivity index (χ3v) is 5.97. The highest BCUT2D eigenvalue weighted by molar-refractivity contribution is 7.89. The summed E-state index contributed by atoms with van der Waals surface area (Å²) in [6.45, 7) is 4.91. The van der Waals surface area contributed by atoms with Crippen LogP contribution in [0.5, 0.6) is 5.75 Å². The van der Waals surface area contributed by atoms with Gasteiger partial charge in [-0.3, -0.25) is 4.79 Å². The SMILES string of the molecule is CCNC(=O)C1CCCN(S(=O)(=O)c2ccc(OC)c(C)c2)C1. The molecule has 0 radical (unpaired) electrons. The van der Waals surface area contributed by atoms with Crippen molar-refractivity contribution in [3.05, 3.63) is 23.8 Å². The maximum absolute atomic E-state index is 12.8. The Labute approximate surface area is 137 Å². The summed E-state index contributed by atoms with van der Waals surface area (Å²) in [5.74, 6) is 0.305. The van der Waals surface area contributed by atoms with Crippen molar-refractivity contribution >= 4 is 15.9 Å². The molecule has 0 aliphatic carbocycles. The van der Waals surface area contributed by atoms with Gasteiger partial charge in [0.2, 0.25) is 15.9 Å². The number of carbonyl (C=O) groups is 1. The van der Waals surface area contributed by atoms with Gasteiger partial charge in [-0.05, 0) is 50.5 Å². The lowest BCUT2D eigenvalue weighted by Crippen LogP contribution is -2.45. The van der Waals surface area contributed by atoms with E-state index in [0.717, 1.165) is 12.0 Å². The molecule has 1 aliphatic rings. The number of piperidine rings is 1. The third kappa shape index (κ3) is 3.84. The number of ether oxygens (including phenoxy) is 1. The fourth-order valence-corrected chi connectivity index (χ4v) is 4.46. The molecule has 7 heteroatoms. The van der Waals surface area contributed by atoms with Crippen LogP contribution in [0.15, 0.2) is 23.1 Å². The highest BCUT2D eigenvalue weighted by Crippen LogP contribution is 2.27. The normalized spacial score (nSPS) is 19.3. The molecule has 1 heterocycles. The van der Waals surface area contributed by atoms with Gasteiger partial charge in [-0.2, -0.15) is 4.31 Å². The van der Waals surface area contributed by atoms with Gasteiger partial charge in [-0.1, -0.05) is 0 Å². The molecule has 0 aromatic heterocycles. The first-order valence-corrected chi connectivity index (χ1v) is 9.26. The molecule has 2 rings (SSSR count). The molecule has 1 N–H and O–H groups in total. The van der Waals surface area contributed by atoms with E-state index >= 15 is 0 Å². The largest absolute Gasteiger partial charge is 0.496 e. The molecule has 1 amide bonds. The van der Waals surface area contributed by atoms with Crippen LogP contribution in [-0.2, 0) is 14.8 Å². The Balaban J connectivity index is 2.21. The molecule has 23 heavy (non-hydrogen) atoms. The zero-order valence-corrected chi connectivity index (χ0v) is 14.6. The number of hydrogen-bond acceptors (Lipinski definition) is 4. The Hall–Kier alpha value is -1.60. The number of nitrogens with one attached hydrogen (secondary N) is 1. The lowest BCUT2D eigenvalue weighted by atomic mass is 9.99. The second-order valence-corrected chi connectivity index (χ2v) is 7.67. The summed E-state index contributed by atoms with van der Waals surface area (Å²) >= 11 is 0. The lowest BCUT2D eigenvalue weighted by Gasteiger charge is -2.31. The quantitative estimate of drug-likeness (QED) is 0.882. The Morgan fingerprint density at radius 2 is 2.17 bits per heavy atom. The van der Waals surface area contributed by atoms with Gasteiger partial charge in [0.15, 0.2) is 0 Å². The number of benzene rings is 1. The van der Waals surface area contributed by atoms with Crippen molar-refractivity contribution in [2.75, 3.05) is 26.7 Å². The average Bonchev–Trinajstić information content (AvgIpc) is 2.55. The zero-order valence-electron chi connectivity index (χ0n) is 13.8. The first-order chi connectivity index (χ1) is 10.9. The van der Waals surface area contributed by atoms with Crippen LogP contribution < -0.4 is 10.1 Å². The number of rotatable bonds is 5. The molecule has 1 saturated heterocycles. The van der Waals surface area contributed by atoms with Crippen LogP contribution in [0.1, 0.15) is 25.3 Å². The Bertz CT molecular complexity index is 673. The minimum Gasteiger partial charge on any atom is -0.496 e. The van der Waals surface area contributed by atoms with Crippen LogP contribution >= 0.6 is 0 Å². The second kappa shape index (κ2) is 7.31. The molecule has 6 nitrogen and oxygen atoms in total. The number of hydrogen-bond donors (Lipinski definition) is 1. The van der Waals surface area contributed by atoms with Gasteiger partial charge in [0, 0.05) is 19.6 Å². The number of amides is 1. The van der Waals surface area contributed by atoms with E-state index in [1.165, 1.54) is 4.31 Å². The number of nitrogens with zero attached hydrogens (tertiary/aromatic N) is 1. The van der Waals surface area contributed by atoms with Crippen molar-refractivity contribution in [2.45, 2.75) is 31.6 Å². The van der Waals surface area contributed by atoms with Crippen LogP contribution in [0.25, 0.3) is 0 Å². The molecular weight excluding hydrogens is 316 g/mol. The fourth-order valence-electron chi connectivity index (χ4n) is 2.85. The molecule has 0 spiro atoms. The third-order valence-electron chi connectivity index (χ3n) is 4.11. The fraction of sp³-hybridized carbons (Fsp3) is 0.562. The Morgan fingerprint density at radius 1 is 1.43 bits per heavy atom. The van der Waals surface area contributed by atoms with Crippen LogP contribution in [0.3, 0.4) is 0 Å². The van der Waals surface area contributed by atoms with Crippen LogP contribution in [0, 0.1) is 12.8 Å². The summed E-state index contributed by atoms with van der Waals surface area (Å²) in [6, 6.07) is 4.83. The monoisotopic (exact) mass is 340 g/mol. The summed E-state index contributed by atoms with van der Waals surface area (Å²) in [4.78, 5) is 12.2. The van der Waals surface area contributed by atoms with Crippen molar-refractivity contribution in [3.63, 3.8) is 0 Å². The van der Waals surface area contributed by atoms with Gasteiger partial charge in [-0.25, -0.2) is 8.42 Å². The van der Waals surface area contributed by atoms with Crippen molar-refractivity contribution in [2.24, 2.45) is 5.92 Å². The van der Waals surface area contributed by atoms with Crippen molar-refractivity contribution in [1.29, 1.82) is 0 Å². The van der Waals surface area contributed by atoms with Gasteiger partial charge in [0.25, 0.3) is 0 Å². The molecule has 0 saturated carbocycles. The first kappa shape index (κ1) is 17.7. The zero-order chi connectivity index (χ0) is 17.0. The number of sulfonamides is 1. The van der Waals surface area contributed by atoms with E-state index in [-0.39, 0.29) is 23.3 Å². The molecule has 1 atom stereocenters. The van der Waals surface area contributed by atoms with E-state index in [1.54, 1.807) is 25.3 Å². The molecule has 128 valence electrons. The van der Waals surface area contributed by atoms with E-state index in [9.17, 15) is 13.2 Å². The molecule has 1 unspecified atom stereocenters. The predicted molar refractivity (Wildman–Crippen MR) is 87.9 cm³/mol. The predicted octanol–water partition coefficient (Wildman–Crippen LogP) is 1.54. The number of methoxy groups -OCH3 is 1. The summed E-state index contributed by atoms with van der Waals surface area (Å²) in [5.41, 5.74) is 0.769. The van der Waals surface area contributed by atoms with E-state index in [2.05, 4.69) is 5.32 Å². The second-order valence-electron chi connectivity index (χ2n) is 5.73. The van der Waals surface area contributed by atoms with E-state index in [4.69, 9.17) is 4.74 Å². The number of aryl methyl sites for hydroxylation is 1. The van der Waals surface area contributed by atoms with Gasteiger partial charge in [0.05, 0.1) is 17.9 Å². The van der Waals surface area contributed by atoms with E-state index in [0.29, 0.717) is 25.3 Å². The highest BCUT2D eigenvalue weighted by atomic mass is 32.2. The first-order valence-electron chi connectivity index (χ1n) is 7.82. The molecular formula is C16H24N2O4S. The minimum atomic E-state index is -3.59. The Morgan fingerprint density at radius 3 is 2.78 bits per heavy atom. The summed E-state index contributed by atoms with van der Waals surface area (Å²) in [6.07, 6.45) is 1.41. The summed E-state index contributed by atoms with van der Waals surface area (Å²) < 4.78 is 32.2. The molecule has 1 aromatic rings. The van der Waals surface area contributed by atoms with Crippen LogP contribution in [0.2, 0.25) is 0 Å². The van der Waals surface area contributed by atoms with E-state index < -0.39 is 10.0 Å². The standard InChI is InChI=1S/C16H24N2O4S/c1-4-17-16(19)13-6-5-9-18(11-13)23(20,21)14-7-8-15(22-3)12(2)10-14/h7-8,10,13H,4-6,9,11H2,1-3H3,(H,17,19). The van der Waals surface area contributed by atoms with Crippen molar-refractivity contribution < 1.29 is 17.9 Å². The van der Waals surface area contributed by atoms with Crippen LogP contribution in [-0.4, -0.2) is 45.4 Å². The summed E-state index contributed by atoms with van der Waals surface area (Å²) in [5, 5.41) is 2.77. The lowest BCUT2D eigenvalue weighted by molar-refractivity contribution is -0.125.